The van der Waals surface area contributed by atoms with Gasteiger partial charge in [-0.3, -0.25) is 0 Å². The van der Waals surface area contributed by atoms with Crippen molar-refractivity contribution < 1.29 is 23.7 Å². The summed E-state index contributed by atoms with van der Waals surface area (Å²) in [4.78, 5) is 0. The molecule has 0 radical (unpaired) electrons. The minimum absolute atomic E-state index is 0.00246. The summed E-state index contributed by atoms with van der Waals surface area (Å²) in [7, 11) is 1.67. The average molecular weight is 306 g/mol. The van der Waals surface area contributed by atoms with Crippen LogP contribution in [0.1, 0.15) is 24.8 Å². The molecule has 0 aromatic heterocycles. The Labute approximate surface area is 130 Å². The van der Waals surface area contributed by atoms with Gasteiger partial charge in [0.05, 0.1) is 19.3 Å². The normalized spacial score (nSPS) is 40.4. The van der Waals surface area contributed by atoms with E-state index in [1.54, 1.807) is 7.11 Å². The second kappa shape index (κ2) is 5.91. The first-order valence-corrected chi connectivity index (χ1v) is 7.95. The van der Waals surface area contributed by atoms with Crippen LogP contribution in [0.25, 0.3) is 0 Å². The van der Waals surface area contributed by atoms with E-state index >= 15 is 0 Å². The number of rotatable bonds is 4. The molecule has 0 N–H and O–H groups in total. The number of hydrogen-bond acceptors (Lipinski definition) is 5. The zero-order valence-electron chi connectivity index (χ0n) is 12.8. The summed E-state index contributed by atoms with van der Waals surface area (Å²) in [6.07, 6.45) is 2.12. The second-order valence-corrected chi connectivity index (χ2v) is 6.18. The molecule has 0 saturated carbocycles. The minimum Gasteiger partial charge on any atom is -0.371 e. The summed E-state index contributed by atoms with van der Waals surface area (Å²) in [5.41, 5.74) is 1.16. The summed E-state index contributed by atoms with van der Waals surface area (Å²) < 4.78 is 29.5. The van der Waals surface area contributed by atoms with Gasteiger partial charge in [0, 0.05) is 26.4 Å². The lowest BCUT2D eigenvalue weighted by Gasteiger charge is -2.46. The molecule has 3 saturated heterocycles. The fourth-order valence-corrected chi connectivity index (χ4v) is 3.59. The zero-order valence-corrected chi connectivity index (χ0v) is 12.8. The van der Waals surface area contributed by atoms with Crippen molar-refractivity contribution in [3.8, 4) is 0 Å². The molecule has 0 aliphatic carbocycles. The van der Waals surface area contributed by atoms with Gasteiger partial charge in [-0.05, 0) is 5.56 Å². The Morgan fingerprint density at radius 2 is 2.14 bits per heavy atom. The van der Waals surface area contributed by atoms with Crippen LogP contribution in [0.5, 0.6) is 0 Å². The van der Waals surface area contributed by atoms with Gasteiger partial charge < -0.3 is 23.7 Å². The average Bonchev–Trinajstić information content (AvgIpc) is 2.93. The molecule has 22 heavy (non-hydrogen) atoms. The Kier molecular flexibility index (Phi) is 3.92. The van der Waals surface area contributed by atoms with Crippen molar-refractivity contribution in [2.24, 2.45) is 0 Å². The van der Waals surface area contributed by atoms with Gasteiger partial charge in [-0.2, -0.15) is 0 Å². The molecule has 2 bridgehead atoms. The summed E-state index contributed by atoms with van der Waals surface area (Å²) in [5.74, 6) is -0.577. The Bertz CT molecular complexity index is 507. The molecule has 4 rings (SSSR count). The fraction of sp³-hybridized carbons (Fsp3) is 0.647. The van der Waals surface area contributed by atoms with Crippen molar-refractivity contribution in [1.82, 2.24) is 0 Å². The van der Waals surface area contributed by atoms with Crippen LogP contribution in [0, 0.1) is 0 Å². The molecule has 5 nitrogen and oxygen atoms in total. The van der Waals surface area contributed by atoms with Gasteiger partial charge in [-0.25, -0.2) is 0 Å². The van der Waals surface area contributed by atoms with E-state index in [4.69, 9.17) is 23.7 Å². The van der Waals surface area contributed by atoms with E-state index < -0.39 is 5.79 Å². The molecule has 5 heteroatoms. The topological polar surface area (TPSA) is 46.2 Å². The van der Waals surface area contributed by atoms with Crippen molar-refractivity contribution in [2.75, 3.05) is 13.7 Å². The Morgan fingerprint density at radius 3 is 2.95 bits per heavy atom. The summed E-state index contributed by atoms with van der Waals surface area (Å²) in [6, 6.07) is 10.2. The molecule has 3 aliphatic rings. The lowest BCUT2D eigenvalue weighted by molar-refractivity contribution is -0.338. The van der Waals surface area contributed by atoms with Crippen LogP contribution in [-0.4, -0.2) is 44.1 Å². The van der Waals surface area contributed by atoms with Crippen LogP contribution in [0.4, 0.5) is 0 Å². The van der Waals surface area contributed by atoms with Gasteiger partial charge in [0.1, 0.15) is 12.2 Å². The fourth-order valence-electron chi connectivity index (χ4n) is 3.59. The van der Waals surface area contributed by atoms with E-state index in [0.29, 0.717) is 13.2 Å². The quantitative estimate of drug-likeness (QED) is 0.854. The van der Waals surface area contributed by atoms with Crippen LogP contribution >= 0.6 is 0 Å². The van der Waals surface area contributed by atoms with Gasteiger partial charge in [0.25, 0.3) is 0 Å². The molecular weight excluding hydrogens is 284 g/mol. The van der Waals surface area contributed by atoms with Gasteiger partial charge in [0.2, 0.25) is 0 Å². The third-order valence-electron chi connectivity index (χ3n) is 4.81. The van der Waals surface area contributed by atoms with Crippen molar-refractivity contribution in [3.05, 3.63) is 35.9 Å². The second-order valence-electron chi connectivity index (χ2n) is 6.18. The molecule has 3 heterocycles. The van der Waals surface area contributed by atoms with E-state index in [2.05, 4.69) is 12.1 Å². The maximum atomic E-state index is 6.15. The smallest absolute Gasteiger partial charge is 0.195 e. The third kappa shape index (κ3) is 2.57. The standard InChI is InChI=1S/C17H22O5/c1-18-16-7-8-17-15(21-16)9-13(14(22-17)11-20-17)19-10-12-5-3-2-4-6-12/h2-6,13-16H,7-11H2,1H3. The predicted octanol–water partition coefficient (Wildman–Crippen LogP) is 2.24. The number of benzene rings is 1. The van der Waals surface area contributed by atoms with E-state index in [9.17, 15) is 0 Å². The van der Waals surface area contributed by atoms with E-state index in [1.165, 1.54) is 0 Å². The van der Waals surface area contributed by atoms with Crippen molar-refractivity contribution in [1.29, 1.82) is 0 Å². The van der Waals surface area contributed by atoms with Crippen molar-refractivity contribution >= 4 is 0 Å². The summed E-state index contributed by atoms with van der Waals surface area (Å²) in [6.45, 7) is 1.16. The van der Waals surface area contributed by atoms with Crippen LogP contribution in [-0.2, 0) is 30.3 Å². The largest absolute Gasteiger partial charge is 0.371 e. The SMILES string of the molecule is COC1CCC23OCC(O2)C(OCc2ccccc2)CC3O1. The molecule has 3 aliphatic heterocycles. The summed E-state index contributed by atoms with van der Waals surface area (Å²) >= 11 is 0. The van der Waals surface area contributed by atoms with Crippen molar-refractivity contribution in [2.45, 2.75) is 56.3 Å². The first-order chi connectivity index (χ1) is 10.8. The lowest BCUT2D eigenvalue weighted by atomic mass is 9.92. The van der Waals surface area contributed by atoms with Crippen LogP contribution < -0.4 is 0 Å². The molecular formula is C17H22O5. The van der Waals surface area contributed by atoms with Gasteiger partial charge >= 0.3 is 0 Å². The number of ether oxygens (including phenoxy) is 5. The highest BCUT2D eigenvalue weighted by atomic mass is 16.8. The van der Waals surface area contributed by atoms with Crippen LogP contribution in [0.2, 0.25) is 0 Å². The maximum Gasteiger partial charge on any atom is 0.195 e. The molecule has 120 valence electrons. The van der Waals surface area contributed by atoms with E-state index in [0.717, 1.165) is 24.8 Å². The molecule has 0 amide bonds. The Morgan fingerprint density at radius 1 is 1.27 bits per heavy atom. The third-order valence-corrected chi connectivity index (χ3v) is 4.81. The molecule has 1 spiro atoms. The lowest BCUT2D eigenvalue weighted by Crippen LogP contribution is -2.57. The number of fused-ring (bicyclic) bond motifs is 1. The predicted molar refractivity (Wildman–Crippen MR) is 78.1 cm³/mol. The molecule has 5 atom stereocenters. The van der Waals surface area contributed by atoms with Crippen LogP contribution in [0.15, 0.2) is 30.3 Å². The molecule has 5 unspecified atom stereocenters. The first kappa shape index (κ1) is 14.6. The van der Waals surface area contributed by atoms with Gasteiger partial charge in [-0.1, -0.05) is 30.3 Å². The highest BCUT2D eigenvalue weighted by Gasteiger charge is 2.58. The maximum absolute atomic E-state index is 6.15. The molecule has 1 aromatic carbocycles. The zero-order chi connectivity index (χ0) is 15.0. The first-order valence-electron chi connectivity index (χ1n) is 7.95. The molecule has 1 aromatic rings. The van der Waals surface area contributed by atoms with Gasteiger partial charge in [-0.15, -0.1) is 0 Å². The molecule has 3 fully saturated rings. The highest BCUT2D eigenvalue weighted by Crippen LogP contribution is 2.46. The number of hydrogen-bond donors (Lipinski definition) is 0. The monoisotopic (exact) mass is 306 g/mol. The van der Waals surface area contributed by atoms with Gasteiger partial charge in [0.15, 0.2) is 12.1 Å². The number of methoxy groups -OCH3 is 1. The Balaban J connectivity index is 1.42. The van der Waals surface area contributed by atoms with Crippen molar-refractivity contribution in [3.63, 3.8) is 0 Å². The van der Waals surface area contributed by atoms with Crippen LogP contribution in [0.3, 0.4) is 0 Å². The Hall–Kier alpha value is -0.980. The van der Waals surface area contributed by atoms with E-state index in [-0.39, 0.29) is 24.6 Å². The van der Waals surface area contributed by atoms with E-state index in [1.807, 2.05) is 18.2 Å². The highest BCUT2D eigenvalue weighted by molar-refractivity contribution is 5.13. The minimum atomic E-state index is -0.577. The summed E-state index contributed by atoms with van der Waals surface area (Å²) in [5, 5.41) is 0.